The van der Waals surface area contributed by atoms with Gasteiger partial charge in [0.25, 0.3) is 0 Å². The van der Waals surface area contributed by atoms with Crippen LogP contribution in [-0.2, 0) is 0 Å². The van der Waals surface area contributed by atoms with Gasteiger partial charge < -0.3 is 5.73 Å². The smallest absolute Gasteiger partial charge is 0.316 e. The lowest BCUT2D eigenvalue weighted by Gasteiger charge is -2.16. The standard InChI is InChI=1S/C14H12F3N/c15-14(16,17)13(18)12-8-6-11(7-9-12)10-4-2-1-3-5-10/h1-9,13H,18H2/t13-/m0/s1. The minimum Gasteiger partial charge on any atom is -0.316 e. The molecule has 0 aliphatic carbocycles. The highest BCUT2D eigenvalue weighted by atomic mass is 19.4. The first-order valence-electron chi connectivity index (χ1n) is 5.46. The summed E-state index contributed by atoms with van der Waals surface area (Å²) in [6.07, 6.45) is -4.41. The molecule has 0 unspecified atom stereocenters. The summed E-state index contributed by atoms with van der Waals surface area (Å²) >= 11 is 0. The van der Waals surface area contributed by atoms with Crippen LogP contribution in [0, 0.1) is 0 Å². The van der Waals surface area contributed by atoms with Gasteiger partial charge in [-0.25, -0.2) is 0 Å². The van der Waals surface area contributed by atoms with Gasteiger partial charge in [0.15, 0.2) is 0 Å². The Morgan fingerprint density at radius 2 is 1.28 bits per heavy atom. The van der Waals surface area contributed by atoms with Crippen LogP contribution in [0.2, 0.25) is 0 Å². The highest BCUT2D eigenvalue weighted by molar-refractivity contribution is 5.63. The van der Waals surface area contributed by atoms with E-state index in [0.29, 0.717) is 0 Å². The van der Waals surface area contributed by atoms with Crippen LogP contribution >= 0.6 is 0 Å². The Morgan fingerprint density at radius 3 is 1.78 bits per heavy atom. The van der Waals surface area contributed by atoms with Gasteiger partial charge in [-0.3, -0.25) is 0 Å². The van der Waals surface area contributed by atoms with Crippen LogP contribution in [-0.4, -0.2) is 6.18 Å². The van der Waals surface area contributed by atoms with Crippen LogP contribution in [0.3, 0.4) is 0 Å². The Morgan fingerprint density at radius 1 is 0.778 bits per heavy atom. The fourth-order valence-electron chi connectivity index (χ4n) is 1.70. The summed E-state index contributed by atoms with van der Waals surface area (Å²) in [6.45, 7) is 0. The molecule has 94 valence electrons. The van der Waals surface area contributed by atoms with Crippen molar-refractivity contribution in [1.29, 1.82) is 0 Å². The molecule has 0 spiro atoms. The van der Waals surface area contributed by atoms with Crippen LogP contribution in [0.5, 0.6) is 0 Å². The molecular formula is C14H12F3N. The summed E-state index contributed by atoms with van der Waals surface area (Å²) in [5, 5.41) is 0. The van der Waals surface area contributed by atoms with E-state index < -0.39 is 12.2 Å². The average Bonchev–Trinajstić information content (AvgIpc) is 2.38. The molecule has 0 saturated carbocycles. The van der Waals surface area contributed by atoms with Crippen LogP contribution in [0.1, 0.15) is 11.6 Å². The van der Waals surface area contributed by atoms with Gasteiger partial charge in [0.05, 0.1) is 0 Å². The normalized spacial score (nSPS) is 13.3. The Labute approximate surface area is 103 Å². The van der Waals surface area contributed by atoms with Crippen molar-refractivity contribution in [3.8, 4) is 11.1 Å². The van der Waals surface area contributed by atoms with Gasteiger partial charge in [-0.15, -0.1) is 0 Å². The monoisotopic (exact) mass is 251 g/mol. The maximum atomic E-state index is 12.4. The molecule has 0 saturated heterocycles. The minimum absolute atomic E-state index is 0.0715. The molecule has 2 aromatic carbocycles. The van der Waals surface area contributed by atoms with E-state index in [2.05, 4.69) is 0 Å². The number of rotatable bonds is 2. The zero-order chi connectivity index (χ0) is 13.2. The number of hydrogen-bond acceptors (Lipinski definition) is 1. The van der Waals surface area contributed by atoms with Crippen LogP contribution < -0.4 is 5.73 Å². The highest BCUT2D eigenvalue weighted by Crippen LogP contribution is 2.31. The fraction of sp³-hybridized carbons (Fsp3) is 0.143. The maximum Gasteiger partial charge on any atom is 0.407 e. The fourth-order valence-corrected chi connectivity index (χ4v) is 1.70. The number of alkyl halides is 3. The van der Waals surface area contributed by atoms with E-state index in [9.17, 15) is 13.2 Å². The third kappa shape index (κ3) is 2.71. The molecule has 2 rings (SSSR count). The molecule has 0 radical (unpaired) electrons. The molecule has 0 bridgehead atoms. The van der Waals surface area contributed by atoms with E-state index in [4.69, 9.17) is 5.73 Å². The van der Waals surface area contributed by atoms with Crippen molar-refractivity contribution in [2.75, 3.05) is 0 Å². The lowest BCUT2D eigenvalue weighted by atomic mass is 10.0. The maximum absolute atomic E-state index is 12.4. The highest BCUT2D eigenvalue weighted by Gasteiger charge is 2.37. The predicted octanol–water partition coefficient (Wildman–Crippen LogP) is 3.92. The quantitative estimate of drug-likeness (QED) is 0.860. The van der Waals surface area contributed by atoms with Gasteiger partial charge >= 0.3 is 6.18 Å². The van der Waals surface area contributed by atoms with Crippen molar-refractivity contribution in [3.05, 3.63) is 60.2 Å². The van der Waals surface area contributed by atoms with Gasteiger partial charge in [0.2, 0.25) is 0 Å². The predicted molar refractivity (Wildman–Crippen MR) is 64.9 cm³/mol. The summed E-state index contributed by atoms with van der Waals surface area (Å²) in [5.41, 5.74) is 7.04. The summed E-state index contributed by atoms with van der Waals surface area (Å²) in [6, 6.07) is 13.7. The molecule has 0 aliphatic rings. The van der Waals surface area contributed by atoms with E-state index in [1.54, 1.807) is 12.1 Å². The van der Waals surface area contributed by atoms with Crippen molar-refractivity contribution in [3.63, 3.8) is 0 Å². The van der Waals surface area contributed by atoms with E-state index >= 15 is 0 Å². The average molecular weight is 251 g/mol. The van der Waals surface area contributed by atoms with E-state index in [1.807, 2.05) is 30.3 Å². The van der Waals surface area contributed by atoms with Gasteiger partial charge in [-0.1, -0.05) is 54.6 Å². The second-order valence-electron chi connectivity index (χ2n) is 4.01. The SMILES string of the molecule is N[C@@H](c1ccc(-c2ccccc2)cc1)C(F)(F)F. The van der Waals surface area contributed by atoms with Crippen molar-refractivity contribution in [2.45, 2.75) is 12.2 Å². The largest absolute Gasteiger partial charge is 0.407 e. The summed E-state index contributed by atoms with van der Waals surface area (Å²) in [5.74, 6) is 0. The lowest BCUT2D eigenvalue weighted by Crippen LogP contribution is -2.28. The molecule has 18 heavy (non-hydrogen) atoms. The molecule has 0 aromatic heterocycles. The van der Waals surface area contributed by atoms with Crippen LogP contribution in [0.25, 0.3) is 11.1 Å². The Hall–Kier alpha value is -1.81. The van der Waals surface area contributed by atoms with Gasteiger partial charge in [-0.05, 0) is 16.7 Å². The lowest BCUT2D eigenvalue weighted by molar-refractivity contribution is -0.149. The Kier molecular flexibility index (Phi) is 3.39. The molecule has 1 nitrogen and oxygen atoms in total. The van der Waals surface area contributed by atoms with Crippen molar-refractivity contribution < 1.29 is 13.2 Å². The zero-order valence-electron chi connectivity index (χ0n) is 9.48. The minimum atomic E-state index is -4.41. The van der Waals surface area contributed by atoms with Crippen molar-refractivity contribution in [1.82, 2.24) is 0 Å². The number of benzene rings is 2. The zero-order valence-corrected chi connectivity index (χ0v) is 9.48. The summed E-state index contributed by atoms with van der Waals surface area (Å²) < 4.78 is 37.3. The molecule has 0 aliphatic heterocycles. The van der Waals surface area contributed by atoms with Crippen LogP contribution in [0.4, 0.5) is 13.2 Å². The third-order valence-corrected chi connectivity index (χ3v) is 2.73. The van der Waals surface area contributed by atoms with Crippen molar-refractivity contribution >= 4 is 0 Å². The number of nitrogens with two attached hydrogens (primary N) is 1. The van der Waals surface area contributed by atoms with E-state index in [0.717, 1.165) is 11.1 Å². The molecule has 0 heterocycles. The van der Waals surface area contributed by atoms with Gasteiger partial charge in [-0.2, -0.15) is 13.2 Å². The van der Waals surface area contributed by atoms with Crippen molar-refractivity contribution in [2.24, 2.45) is 5.73 Å². The van der Waals surface area contributed by atoms with E-state index in [1.165, 1.54) is 12.1 Å². The molecule has 2 N–H and O–H groups in total. The molecule has 0 amide bonds. The van der Waals surface area contributed by atoms with Gasteiger partial charge in [0, 0.05) is 0 Å². The molecular weight excluding hydrogens is 239 g/mol. The Balaban J connectivity index is 2.26. The number of hydrogen-bond donors (Lipinski definition) is 1. The van der Waals surface area contributed by atoms with Crippen LogP contribution in [0.15, 0.2) is 54.6 Å². The molecule has 4 heteroatoms. The first-order valence-corrected chi connectivity index (χ1v) is 5.46. The second-order valence-corrected chi connectivity index (χ2v) is 4.01. The topological polar surface area (TPSA) is 26.0 Å². The number of halogens is 3. The summed E-state index contributed by atoms with van der Waals surface area (Å²) in [4.78, 5) is 0. The third-order valence-electron chi connectivity index (χ3n) is 2.73. The molecule has 0 fully saturated rings. The Bertz CT molecular complexity index is 503. The van der Waals surface area contributed by atoms with E-state index in [-0.39, 0.29) is 5.56 Å². The molecule has 1 atom stereocenters. The molecule has 2 aromatic rings. The van der Waals surface area contributed by atoms with Gasteiger partial charge in [0.1, 0.15) is 6.04 Å². The second kappa shape index (κ2) is 4.82. The first kappa shape index (κ1) is 12.6. The first-order chi connectivity index (χ1) is 8.48. The summed E-state index contributed by atoms with van der Waals surface area (Å²) in [7, 11) is 0.